The minimum absolute atomic E-state index is 0.526. The Bertz CT molecular complexity index is 1710. The first-order valence-corrected chi connectivity index (χ1v) is 11.4. The highest BCUT2D eigenvalue weighted by Gasteiger charge is 2.21. The van der Waals surface area contributed by atoms with Gasteiger partial charge in [0.1, 0.15) is 0 Å². The second kappa shape index (κ2) is 8.55. The van der Waals surface area contributed by atoms with Crippen molar-refractivity contribution >= 4 is 21.9 Å². The highest BCUT2D eigenvalue weighted by atomic mass is 15.2. The third kappa shape index (κ3) is 3.64. The summed E-state index contributed by atoms with van der Waals surface area (Å²) in [5, 5.41) is 20.0. The molecule has 0 saturated carbocycles. The van der Waals surface area contributed by atoms with E-state index in [1.807, 2.05) is 97.0 Å². The highest BCUT2D eigenvalue weighted by Crippen LogP contribution is 2.30. The molecule has 0 unspecified atom stereocenters. The smallest absolute Gasteiger partial charge is 0.226 e. The Morgan fingerprint density at radius 3 is 2.46 bits per heavy atom. The fourth-order valence-corrected chi connectivity index (χ4v) is 4.45. The Morgan fingerprint density at radius 1 is 1.00 bits per heavy atom. The number of aryl methyl sites for hydroxylation is 1. The molecule has 2 aromatic carbocycles. The van der Waals surface area contributed by atoms with Gasteiger partial charge in [0.25, 0.3) is 0 Å². The number of nitriles is 2. The number of benzene rings is 2. The van der Waals surface area contributed by atoms with Crippen molar-refractivity contribution in [1.29, 1.82) is 10.5 Å². The summed E-state index contributed by atoms with van der Waals surface area (Å²) in [5.74, 6) is 0. The SMILES string of the molecule is CCn1c(=NC#N)n(-c2ccc(C(C)(C)C#N)cc2)c2c3cc(-c4cccnc4)ccc3ncc21. The van der Waals surface area contributed by atoms with Crippen molar-refractivity contribution in [3.05, 3.63) is 84.4 Å². The molecule has 3 heterocycles. The van der Waals surface area contributed by atoms with Gasteiger partial charge in [-0.3, -0.25) is 14.5 Å². The van der Waals surface area contributed by atoms with E-state index in [0.29, 0.717) is 12.2 Å². The van der Waals surface area contributed by atoms with E-state index in [4.69, 9.17) is 4.98 Å². The quantitative estimate of drug-likeness (QED) is 0.345. The maximum absolute atomic E-state index is 9.54. The molecule has 0 radical (unpaired) electrons. The Morgan fingerprint density at radius 2 is 1.80 bits per heavy atom. The van der Waals surface area contributed by atoms with Gasteiger partial charge in [-0.2, -0.15) is 10.5 Å². The maximum Gasteiger partial charge on any atom is 0.226 e. The first kappa shape index (κ1) is 22.1. The summed E-state index contributed by atoms with van der Waals surface area (Å²) < 4.78 is 4.00. The van der Waals surface area contributed by atoms with Crippen LogP contribution in [0, 0.1) is 22.8 Å². The molecule has 35 heavy (non-hydrogen) atoms. The number of hydrogen-bond acceptors (Lipinski definition) is 5. The third-order valence-corrected chi connectivity index (χ3v) is 6.36. The topological polar surface area (TPSA) is 95.6 Å². The Kier molecular flexibility index (Phi) is 5.39. The van der Waals surface area contributed by atoms with E-state index in [1.54, 1.807) is 6.20 Å². The van der Waals surface area contributed by atoms with Crippen LogP contribution < -0.4 is 5.62 Å². The lowest BCUT2D eigenvalue weighted by Gasteiger charge is -2.16. The van der Waals surface area contributed by atoms with E-state index in [-0.39, 0.29) is 0 Å². The predicted octanol–water partition coefficient (Wildman–Crippen LogP) is 5.25. The molecule has 0 N–H and O–H groups in total. The molecule has 0 amide bonds. The van der Waals surface area contributed by atoms with Crippen LogP contribution in [0.5, 0.6) is 0 Å². The number of aromatic nitrogens is 4. The standard InChI is InChI=1S/C28H23N7/c1-4-34-25-16-32-24-12-7-19(20-6-5-13-31-15-20)14-23(24)26(25)35(27(34)33-18-30)22-10-8-21(9-11-22)28(2,3)17-29/h5-16H,4H2,1-3H3. The highest BCUT2D eigenvalue weighted by molar-refractivity contribution is 6.04. The fraction of sp³-hybridized carbons (Fsp3) is 0.179. The van der Waals surface area contributed by atoms with Crippen molar-refractivity contribution in [3.8, 4) is 29.1 Å². The fourth-order valence-electron chi connectivity index (χ4n) is 4.45. The number of pyridine rings is 2. The number of hydrogen-bond donors (Lipinski definition) is 0. The number of nitrogens with zero attached hydrogens (tertiary/aromatic N) is 7. The lowest BCUT2D eigenvalue weighted by Crippen LogP contribution is -2.24. The Hall–Kier alpha value is -4.75. The molecule has 0 fully saturated rings. The molecule has 0 aliphatic heterocycles. The molecule has 0 aliphatic rings. The van der Waals surface area contributed by atoms with Crippen molar-refractivity contribution in [2.75, 3.05) is 0 Å². The number of rotatable bonds is 4. The van der Waals surface area contributed by atoms with Gasteiger partial charge in [0, 0.05) is 35.6 Å². The minimum Gasteiger partial charge on any atom is -0.308 e. The van der Waals surface area contributed by atoms with Crippen LogP contribution in [0.4, 0.5) is 0 Å². The number of fused-ring (bicyclic) bond motifs is 3. The monoisotopic (exact) mass is 457 g/mol. The lowest BCUT2D eigenvalue weighted by atomic mass is 9.86. The van der Waals surface area contributed by atoms with E-state index in [1.165, 1.54) is 0 Å². The van der Waals surface area contributed by atoms with Crippen LogP contribution in [-0.4, -0.2) is 19.1 Å². The van der Waals surface area contributed by atoms with Crippen molar-refractivity contribution in [2.45, 2.75) is 32.7 Å². The normalized spacial score (nSPS) is 12.1. The molecule has 7 heteroatoms. The van der Waals surface area contributed by atoms with E-state index in [9.17, 15) is 10.5 Å². The summed E-state index contributed by atoms with van der Waals surface area (Å²) in [6.45, 7) is 6.44. The Labute approximate surface area is 202 Å². The van der Waals surface area contributed by atoms with Gasteiger partial charge < -0.3 is 4.57 Å². The van der Waals surface area contributed by atoms with Gasteiger partial charge in [-0.1, -0.05) is 24.3 Å². The van der Waals surface area contributed by atoms with E-state index in [2.05, 4.69) is 22.1 Å². The molecule has 0 aliphatic carbocycles. The van der Waals surface area contributed by atoms with Crippen molar-refractivity contribution in [2.24, 2.45) is 4.99 Å². The summed E-state index contributed by atoms with van der Waals surface area (Å²) in [5.41, 5.74) is 6.40. The molecule has 0 spiro atoms. The average molecular weight is 458 g/mol. The van der Waals surface area contributed by atoms with Crippen LogP contribution in [0.2, 0.25) is 0 Å². The zero-order valence-electron chi connectivity index (χ0n) is 19.8. The maximum atomic E-state index is 9.54. The molecule has 5 rings (SSSR count). The summed E-state index contributed by atoms with van der Waals surface area (Å²) >= 11 is 0. The summed E-state index contributed by atoms with van der Waals surface area (Å²) in [6.07, 6.45) is 7.41. The van der Waals surface area contributed by atoms with E-state index >= 15 is 0 Å². The van der Waals surface area contributed by atoms with Gasteiger partial charge in [-0.05, 0) is 62.2 Å². The zero-order chi connectivity index (χ0) is 24.6. The first-order valence-electron chi connectivity index (χ1n) is 11.4. The van der Waals surface area contributed by atoms with Crippen molar-refractivity contribution in [3.63, 3.8) is 0 Å². The molecular formula is C28H23N7. The van der Waals surface area contributed by atoms with Crippen LogP contribution in [0.15, 0.2) is 78.2 Å². The second-order valence-corrected chi connectivity index (χ2v) is 8.84. The van der Waals surface area contributed by atoms with Gasteiger partial charge >= 0.3 is 0 Å². The summed E-state index contributed by atoms with van der Waals surface area (Å²) in [6, 6.07) is 20.3. The zero-order valence-corrected chi connectivity index (χ0v) is 19.8. The third-order valence-electron chi connectivity index (χ3n) is 6.36. The van der Waals surface area contributed by atoms with Gasteiger partial charge in [-0.15, -0.1) is 4.99 Å². The van der Waals surface area contributed by atoms with Crippen LogP contribution in [-0.2, 0) is 12.0 Å². The molecule has 170 valence electrons. The molecule has 3 aromatic heterocycles. The minimum atomic E-state index is -0.601. The van der Waals surface area contributed by atoms with Gasteiger partial charge in [0.05, 0.1) is 34.2 Å². The first-order chi connectivity index (χ1) is 17.0. The molecular weight excluding hydrogens is 434 g/mol. The Balaban J connectivity index is 1.88. The molecule has 7 nitrogen and oxygen atoms in total. The van der Waals surface area contributed by atoms with E-state index < -0.39 is 5.41 Å². The van der Waals surface area contributed by atoms with Crippen LogP contribution in [0.1, 0.15) is 26.3 Å². The molecule has 5 aromatic rings. The van der Waals surface area contributed by atoms with Crippen molar-refractivity contribution in [1.82, 2.24) is 19.1 Å². The van der Waals surface area contributed by atoms with Crippen LogP contribution >= 0.6 is 0 Å². The summed E-state index contributed by atoms with van der Waals surface area (Å²) in [7, 11) is 0. The molecule has 0 saturated heterocycles. The van der Waals surface area contributed by atoms with E-state index in [0.717, 1.165) is 44.3 Å². The molecule has 0 bridgehead atoms. The predicted molar refractivity (Wildman–Crippen MR) is 135 cm³/mol. The summed E-state index contributed by atoms with van der Waals surface area (Å²) in [4.78, 5) is 13.2. The van der Waals surface area contributed by atoms with Crippen LogP contribution in [0.3, 0.4) is 0 Å². The average Bonchev–Trinajstić information content (AvgIpc) is 3.22. The van der Waals surface area contributed by atoms with Gasteiger partial charge in [0.15, 0.2) is 0 Å². The second-order valence-electron chi connectivity index (χ2n) is 8.84. The van der Waals surface area contributed by atoms with Gasteiger partial charge in [0.2, 0.25) is 11.8 Å². The van der Waals surface area contributed by atoms with Gasteiger partial charge in [-0.25, -0.2) is 0 Å². The van der Waals surface area contributed by atoms with Crippen molar-refractivity contribution < 1.29 is 0 Å². The number of imidazole rings is 1. The lowest BCUT2D eigenvalue weighted by molar-refractivity contribution is 0.685. The van der Waals surface area contributed by atoms with Crippen LogP contribution in [0.25, 0.3) is 38.8 Å². The molecule has 0 atom stereocenters. The largest absolute Gasteiger partial charge is 0.308 e.